The van der Waals surface area contributed by atoms with Crippen molar-refractivity contribution in [1.82, 2.24) is 4.72 Å². The van der Waals surface area contributed by atoms with Crippen LogP contribution in [0.3, 0.4) is 0 Å². The Labute approximate surface area is 129 Å². The molecule has 5 nitrogen and oxygen atoms in total. The maximum Gasteiger partial charge on any atom is 1.00 e. The number of rotatable bonds is 2. The first-order valence-electron chi connectivity index (χ1n) is 3.81. The van der Waals surface area contributed by atoms with Gasteiger partial charge in [0, 0.05) is 6.04 Å². The number of nitrogens with one attached hydrogen (secondary N) is 1. The van der Waals surface area contributed by atoms with Gasteiger partial charge in [-0.1, -0.05) is 19.3 Å². The summed E-state index contributed by atoms with van der Waals surface area (Å²) in [6, 6.07) is -0.105. The van der Waals surface area contributed by atoms with E-state index in [1.165, 1.54) is 0 Å². The van der Waals surface area contributed by atoms with Crippen molar-refractivity contribution in [3.8, 4) is 0 Å². The molecule has 8 heteroatoms. The summed E-state index contributed by atoms with van der Waals surface area (Å²) in [6.45, 7) is 0. The van der Waals surface area contributed by atoms with Gasteiger partial charge in [0.05, 0.1) is 0 Å². The Bertz CT molecular complexity index is 216. The fourth-order valence-electron chi connectivity index (χ4n) is 1.42. The Morgan fingerprint density at radius 1 is 1.07 bits per heavy atom. The minimum absolute atomic E-state index is 0. The molecule has 1 rings (SSSR count). The molecule has 2 N–H and O–H groups in total. The Morgan fingerprint density at radius 2 is 1.50 bits per heavy atom. The molecule has 0 heterocycles. The quantitative estimate of drug-likeness (QED) is 0.384. The Kier molecular flexibility index (Phi) is 15.1. The molecule has 1 aliphatic carbocycles. The molecule has 0 radical (unpaired) electrons. The van der Waals surface area contributed by atoms with Crippen molar-refractivity contribution >= 4 is 10.3 Å². The third-order valence-corrected chi connectivity index (χ3v) is 2.54. The van der Waals surface area contributed by atoms with Gasteiger partial charge in [0.1, 0.15) is 0 Å². The summed E-state index contributed by atoms with van der Waals surface area (Å²) in [7, 11) is -4.22. The molecule has 74 valence electrons. The molecule has 0 aromatic carbocycles. The van der Waals surface area contributed by atoms with E-state index < -0.39 is 10.3 Å². The van der Waals surface area contributed by atoms with Gasteiger partial charge in [-0.3, -0.25) is 0 Å². The van der Waals surface area contributed by atoms with Crippen LogP contribution in [0.5, 0.6) is 0 Å². The molecule has 0 bridgehead atoms. The van der Waals surface area contributed by atoms with E-state index in [0.29, 0.717) is 0 Å². The fraction of sp³-hybridized carbons (Fsp3) is 1.00. The van der Waals surface area contributed by atoms with Crippen LogP contribution in [0.2, 0.25) is 0 Å². The zero-order valence-electron chi connectivity index (χ0n) is 8.69. The van der Waals surface area contributed by atoms with Crippen LogP contribution >= 0.6 is 0 Å². The molecule has 0 atom stereocenters. The van der Waals surface area contributed by atoms with E-state index in [2.05, 4.69) is 4.72 Å². The van der Waals surface area contributed by atoms with Crippen LogP contribution in [0.15, 0.2) is 0 Å². The first-order chi connectivity index (χ1) is 5.08. The molecule has 1 aliphatic rings. The summed E-state index contributed by atoms with van der Waals surface area (Å²) >= 11 is 0. The van der Waals surface area contributed by atoms with Crippen LogP contribution in [0.25, 0.3) is 0 Å². The molecule has 0 unspecified atom stereocenters. The van der Waals surface area contributed by atoms with E-state index in [1.807, 2.05) is 0 Å². The van der Waals surface area contributed by atoms with Gasteiger partial charge in [-0.05, 0) is 12.8 Å². The summed E-state index contributed by atoms with van der Waals surface area (Å²) in [5.41, 5.74) is 0. The van der Waals surface area contributed by atoms with Crippen molar-refractivity contribution in [2.45, 2.75) is 38.1 Å². The molecule has 0 aliphatic heterocycles. The molecule has 14 heavy (non-hydrogen) atoms. The van der Waals surface area contributed by atoms with E-state index in [0.717, 1.165) is 32.1 Å². The van der Waals surface area contributed by atoms with Gasteiger partial charge in [0.15, 0.2) is 10.3 Å². The van der Waals surface area contributed by atoms with Crippen molar-refractivity contribution < 1.29 is 77.6 Å². The van der Waals surface area contributed by atoms with Gasteiger partial charge >= 0.3 is 59.1 Å². The second-order valence-electron chi connectivity index (χ2n) is 2.91. The first-order valence-corrected chi connectivity index (χ1v) is 5.22. The molecule has 1 saturated carbocycles. The smallest absolute Gasteiger partial charge is 0.870 e. The number of hydrogen-bond acceptors (Lipinski definition) is 4. The standard InChI is InChI=1S/C6H13NO3S.2Na.H2O/c8-11(9,10)7-6-4-2-1-3-5-6;;;/h6-7H,1-5H2,(H,8,9,10);;;1H2/q;2*+1;/p-2. The topological polar surface area (TPSA) is 99.2 Å². The zero-order valence-corrected chi connectivity index (χ0v) is 13.5. The molecular weight excluding hydrogens is 228 g/mol. The minimum Gasteiger partial charge on any atom is -0.870 e. The first kappa shape index (κ1) is 21.1. The van der Waals surface area contributed by atoms with E-state index in [1.54, 1.807) is 0 Å². The van der Waals surface area contributed by atoms with Crippen LogP contribution < -0.4 is 63.8 Å². The second kappa shape index (κ2) is 10.0. The van der Waals surface area contributed by atoms with E-state index in [-0.39, 0.29) is 70.6 Å². The van der Waals surface area contributed by atoms with Crippen molar-refractivity contribution in [2.75, 3.05) is 0 Å². The van der Waals surface area contributed by atoms with E-state index in [4.69, 9.17) is 0 Å². The zero-order chi connectivity index (χ0) is 8.32. The van der Waals surface area contributed by atoms with Crippen LogP contribution in [0.4, 0.5) is 0 Å². The van der Waals surface area contributed by atoms with Gasteiger partial charge in [0.25, 0.3) is 0 Å². The van der Waals surface area contributed by atoms with Crippen molar-refractivity contribution in [3.63, 3.8) is 0 Å². The monoisotopic (exact) mass is 241 g/mol. The fourth-order valence-corrected chi connectivity index (χ4v) is 2.07. The SMILES string of the molecule is O=S(=O)([O-])NC1CCCCC1.[Na+].[Na+].[OH-]. The van der Waals surface area contributed by atoms with Crippen LogP contribution in [0, 0.1) is 0 Å². The Hall–Kier alpha value is 1.83. The molecule has 1 fully saturated rings. The van der Waals surface area contributed by atoms with Crippen LogP contribution in [-0.2, 0) is 10.3 Å². The predicted octanol–water partition coefficient (Wildman–Crippen LogP) is -5.80. The summed E-state index contributed by atoms with van der Waals surface area (Å²) in [5, 5.41) is 0. The Morgan fingerprint density at radius 3 is 1.86 bits per heavy atom. The van der Waals surface area contributed by atoms with E-state index in [9.17, 15) is 13.0 Å². The van der Waals surface area contributed by atoms with Gasteiger partial charge in [-0.25, -0.2) is 13.1 Å². The number of hydrogen-bond donors (Lipinski definition) is 1. The maximum atomic E-state index is 10.2. The summed E-state index contributed by atoms with van der Waals surface area (Å²) in [6.07, 6.45) is 4.81. The van der Waals surface area contributed by atoms with Gasteiger partial charge in [-0.2, -0.15) is 0 Å². The van der Waals surface area contributed by atoms with Gasteiger partial charge < -0.3 is 10.0 Å². The average molecular weight is 241 g/mol. The molecule has 0 spiro atoms. The normalized spacial score (nSPS) is 17.2. The van der Waals surface area contributed by atoms with Crippen molar-refractivity contribution in [3.05, 3.63) is 0 Å². The maximum absolute atomic E-state index is 10.2. The van der Waals surface area contributed by atoms with Crippen molar-refractivity contribution in [2.24, 2.45) is 0 Å². The second-order valence-corrected chi connectivity index (χ2v) is 4.05. The largest absolute Gasteiger partial charge is 1.00 e. The van der Waals surface area contributed by atoms with Gasteiger partial charge in [0.2, 0.25) is 0 Å². The summed E-state index contributed by atoms with van der Waals surface area (Å²) < 4.78 is 32.8. The third-order valence-electron chi connectivity index (χ3n) is 1.92. The van der Waals surface area contributed by atoms with Crippen LogP contribution in [-0.4, -0.2) is 24.5 Å². The average Bonchev–Trinajstić information content (AvgIpc) is 1.85. The van der Waals surface area contributed by atoms with E-state index >= 15 is 0 Å². The van der Waals surface area contributed by atoms with Crippen molar-refractivity contribution in [1.29, 1.82) is 0 Å². The molecule has 0 saturated heterocycles. The molecular formula is C6H13NNa2O4S. The molecule has 0 aromatic heterocycles. The van der Waals surface area contributed by atoms with Gasteiger partial charge in [-0.15, -0.1) is 0 Å². The Balaban J connectivity index is -0.000000403. The molecule has 0 amide bonds. The summed E-state index contributed by atoms with van der Waals surface area (Å²) in [5.74, 6) is 0. The summed E-state index contributed by atoms with van der Waals surface area (Å²) in [4.78, 5) is 0. The molecule has 0 aromatic rings. The van der Waals surface area contributed by atoms with Crippen LogP contribution in [0.1, 0.15) is 32.1 Å². The minimum atomic E-state index is -4.22. The third kappa shape index (κ3) is 10.4. The predicted molar refractivity (Wildman–Crippen MR) is 41.6 cm³/mol.